The molecule has 3 heteroatoms. The summed E-state index contributed by atoms with van der Waals surface area (Å²) in [5, 5.41) is 0. The average molecular weight is 180 g/mol. The maximum absolute atomic E-state index is 11.1. The van der Waals surface area contributed by atoms with Crippen molar-refractivity contribution in [2.45, 2.75) is 20.4 Å². The zero-order valence-electron chi connectivity index (χ0n) is 8.16. The van der Waals surface area contributed by atoms with Gasteiger partial charge in [0.25, 0.3) is 0 Å². The number of aryl methyl sites for hydroxylation is 1. The third kappa shape index (κ3) is 2.70. The molecule has 0 radical (unpaired) electrons. The van der Waals surface area contributed by atoms with Crippen molar-refractivity contribution in [1.29, 1.82) is 0 Å². The Balaban J connectivity index is 2.79. The Hall–Kier alpha value is -1.09. The van der Waals surface area contributed by atoms with E-state index in [0.717, 1.165) is 12.1 Å². The van der Waals surface area contributed by atoms with E-state index in [-0.39, 0.29) is 5.43 Å². The number of pyridine rings is 1. The van der Waals surface area contributed by atoms with Crippen molar-refractivity contribution in [3.05, 3.63) is 34.2 Å². The number of aromatic nitrogens is 1. The molecule has 2 N–H and O–H groups in total. The van der Waals surface area contributed by atoms with Crippen LogP contribution in [-0.2, 0) is 6.54 Å². The van der Waals surface area contributed by atoms with Gasteiger partial charge in [-0.05, 0) is 19.4 Å². The van der Waals surface area contributed by atoms with Gasteiger partial charge in [0.1, 0.15) is 0 Å². The fraction of sp³-hybridized carbons (Fsp3) is 0.500. The summed E-state index contributed by atoms with van der Waals surface area (Å²) in [4.78, 5) is 11.1. The molecule has 0 bridgehead atoms. The molecule has 3 nitrogen and oxygen atoms in total. The smallest absolute Gasteiger partial charge is 0.184 e. The molecule has 0 amide bonds. The highest BCUT2D eigenvalue weighted by atomic mass is 16.1. The number of nitrogens with two attached hydrogens (primary N) is 1. The highest BCUT2D eigenvalue weighted by Gasteiger charge is 2.00. The summed E-state index contributed by atoms with van der Waals surface area (Å²) in [6.07, 6.45) is 3.68. The van der Waals surface area contributed by atoms with Gasteiger partial charge in [-0.3, -0.25) is 4.79 Å². The summed E-state index contributed by atoms with van der Waals surface area (Å²) in [7, 11) is 0. The minimum atomic E-state index is 0.0941. The normalized spacial score (nSPS) is 12.8. The van der Waals surface area contributed by atoms with Crippen LogP contribution in [0.5, 0.6) is 0 Å². The monoisotopic (exact) mass is 180 g/mol. The molecule has 1 heterocycles. The van der Waals surface area contributed by atoms with Crippen LogP contribution < -0.4 is 11.2 Å². The maximum atomic E-state index is 11.1. The van der Waals surface area contributed by atoms with E-state index in [1.165, 1.54) is 0 Å². The van der Waals surface area contributed by atoms with Gasteiger partial charge in [0.05, 0.1) is 0 Å². The lowest BCUT2D eigenvalue weighted by molar-refractivity contribution is 0.489. The summed E-state index contributed by atoms with van der Waals surface area (Å²) < 4.78 is 2.01. The van der Waals surface area contributed by atoms with Gasteiger partial charge in [0.2, 0.25) is 0 Å². The molecule has 1 atom stereocenters. The first-order chi connectivity index (χ1) is 6.13. The molecule has 0 fully saturated rings. The van der Waals surface area contributed by atoms with Crippen molar-refractivity contribution >= 4 is 0 Å². The zero-order valence-corrected chi connectivity index (χ0v) is 8.16. The maximum Gasteiger partial charge on any atom is 0.184 e. The molecule has 1 rings (SSSR count). The summed E-state index contributed by atoms with van der Waals surface area (Å²) in [5.74, 6) is 0.446. The van der Waals surface area contributed by atoms with Crippen molar-refractivity contribution < 1.29 is 0 Å². The summed E-state index contributed by atoms with van der Waals surface area (Å²) in [5.41, 5.74) is 6.39. The van der Waals surface area contributed by atoms with Crippen LogP contribution in [0.25, 0.3) is 0 Å². The molecule has 0 saturated carbocycles. The second-order valence-electron chi connectivity index (χ2n) is 3.53. The molecular weight excluding hydrogens is 164 g/mol. The van der Waals surface area contributed by atoms with E-state index in [9.17, 15) is 4.79 Å². The predicted molar refractivity (Wildman–Crippen MR) is 53.7 cm³/mol. The second-order valence-corrected chi connectivity index (χ2v) is 3.53. The van der Waals surface area contributed by atoms with Gasteiger partial charge in [0.15, 0.2) is 5.43 Å². The van der Waals surface area contributed by atoms with Crippen molar-refractivity contribution in [2.75, 3.05) is 6.54 Å². The quantitative estimate of drug-likeness (QED) is 0.746. The van der Waals surface area contributed by atoms with E-state index >= 15 is 0 Å². The van der Waals surface area contributed by atoms with Crippen LogP contribution in [-0.4, -0.2) is 11.1 Å². The Labute approximate surface area is 78.2 Å². The van der Waals surface area contributed by atoms with E-state index in [1.807, 2.05) is 23.9 Å². The third-order valence-corrected chi connectivity index (χ3v) is 2.09. The Morgan fingerprint density at radius 1 is 1.62 bits per heavy atom. The second kappa shape index (κ2) is 4.23. The van der Waals surface area contributed by atoms with Gasteiger partial charge in [0, 0.05) is 30.6 Å². The predicted octanol–water partition coefficient (Wildman–Crippen LogP) is 0.752. The molecule has 13 heavy (non-hydrogen) atoms. The average Bonchev–Trinajstić information content (AvgIpc) is 2.11. The standard InChI is InChI=1S/C10H16N2O/c1-8(5-11)6-12-4-3-10(13)9(2)7-12/h3-4,7-8H,5-6,11H2,1-2H3. The number of nitrogens with zero attached hydrogens (tertiary/aromatic N) is 1. The van der Waals surface area contributed by atoms with Crippen LogP contribution in [0.2, 0.25) is 0 Å². The molecule has 0 aliphatic heterocycles. The lowest BCUT2D eigenvalue weighted by Gasteiger charge is -2.11. The first-order valence-electron chi connectivity index (χ1n) is 4.50. The van der Waals surface area contributed by atoms with Crippen LogP contribution >= 0.6 is 0 Å². The molecule has 1 unspecified atom stereocenters. The Kier molecular flexibility index (Phi) is 3.25. The molecular formula is C10H16N2O. The van der Waals surface area contributed by atoms with E-state index in [2.05, 4.69) is 6.92 Å². The minimum Gasteiger partial charge on any atom is -0.353 e. The van der Waals surface area contributed by atoms with Crippen LogP contribution in [0, 0.1) is 12.8 Å². The lowest BCUT2D eigenvalue weighted by Crippen LogP contribution is -2.18. The Morgan fingerprint density at radius 3 is 2.85 bits per heavy atom. The lowest BCUT2D eigenvalue weighted by atomic mass is 10.2. The van der Waals surface area contributed by atoms with Gasteiger partial charge in [-0.15, -0.1) is 0 Å². The van der Waals surface area contributed by atoms with Gasteiger partial charge in [-0.1, -0.05) is 6.92 Å². The Morgan fingerprint density at radius 2 is 2.31 bits per heavy atom. The van der Waals surface area contributed by atoms with Crippen molar-refractivity contribution in [3.8, 4) is 0 Å². The highest BCUT2D eigenvalue weighted by molar-refractivity contribution is 5.07. The summed E-state index contributed by atoms with van der Waals surface area (Å²) >= 11 is 0. The Bertz CT molecular complexity index is 330. The van der Waals surface area contributed by atoms with Crippen LogP contribution in [0.1, 0.15) is 12.5 Å². The van der Waals surface area contributed by atoms with Crippen molar-refractivity contribution in [3.63, 3.8) is 0 Å². The molecule has 0 saturated heterocycles. The first kappa shape index (κ1) is 9.99. The van der Waals surface area contributed by atoms with Gasteiger partial charge < -0.3 is 10.3 Å². The minimum absolute atomic E-state index is 0.0941. The fourth-order valence-electron chi connectivity index (χ4n) is 1.20. The molecule has 1 aromatic heterocycles. The highest BCUT2D eigenvalue weighted by Crippen LogP contribution is 1.98. The van der Waals surface area contributed by atoms with Crippen LogP contribution in [0.3, 0.4) is 0 Å². The molecule has 1 aromatic rings. The molecule has 0 spiro atoms. The third-order valence-electron chi connectivity index (χ3n) is 2.09. The molecule has 0 aliphatic carbocycles. The SMILES string of the molecule is Cc1cn(CC(C)CN)ccc1=O. The number of hydrogen-bond donors (Lipinski definition) is 1. The largest absolute Gasteiger partial charge is 0.353 e. The molecule has 72 valence electrons. The van der Waals surface area contributed by atoms with E-state index in [0.29, 0.717) is 12.5 Å². The first-order valence-corrected chi connectivity index (χ1v) is 4.50. The van der Waals surface area contributed by atoms with E-state index < -0.39 is 0 Å². The fourth-order valence-corrected chi connectivity index (χ4v) is 1.20. The van der Waals surface area contributed by atoms with Crippen LogP contribution in [0.15, 0.2) is 23.3 Å². The van der Waals surface area contributed by atoms with Crippen LogP contribution in [0.4, 0.5) is 0 Å². The van der Waals surface area contributed by atoms with Crippen molar-refractivity contribution in [2.24, 2.45) is 11.7 Å². The topological polar surface area (TPSA) is 48.0 Å². The van der Waals surface area contributed by atoms with Gasteiger partial charge in [-0.2, -0.15) is 0 Å². The summed E-state index contributed by atoms with van der Waals surface area (Å²) in [6, 6.07) is 1.60. The van der Waals surface area contributed by atoms with E-state index in [4.69, 9.17) is 5.73 Å². The van der Waals surface area contributed by atoms with Gasteiger partial charge in [-0.25, -0.2) is 0 Å². The van der Waals surface area contributed by atoms with E-state index in [1.54, 1.807) is 6.07 Å². The molecule has 0 aliphatic rings. The summed E-state index contributed by atoms with van der Waals surface area (Å²) in [6.45, 7) is 5.46. The van der Waals surface area contributed by atoms with Crippen molar-refractivity contribution in [1.82, 2.24) is 4.57 Å². The van der Waals surface area contributed by atoms with Gasteiger partial charge >= 0.3 is 0 Å². The molecule has 0 aromatic carbocycles. The number of rotatable bonds is 3. The number of hydrogen-bond acceptors (Lipinski definition) is 2. The zero-order chi connectivity index (χ0) is 9.84.